The maximum absolute atomic E-state index is 11.7. The summed E-state index contributed by atoms with van der Waals surface area (Å²) in [6.07, 6.45) is 0. The first-order valence-electron chi connectivity index (χ1n) is 6.97. The van der Waals surface area contributed by atoms with Gasteiger partial charge in [0.05, 0.1) is 20.8 Å². The van der Waals surface area contributed by atoms with Crippen molar-refractivity contribution in [3.63, 3.8) is 0 Å². The average molecular weight is 364 g/mol. The van der Waals surface area contributed by atoms with E-state index in [1.807, 2.05) is 0 Å². The molecule has 14 nitrogen and oxygen atoms in total. The van der Waals surface area contributed by atoms with E-state index in [1.54, 1.807) is 0 Å². The van der Waals surface area contributed by atoms with Crippen molar-refractivity contribution in [3.05, 3.63) is 44.5 Å². The van der Waals surface area contributed by atoms with E-state index in [4.69, 9.17) is 4.74 Å². The van der Waals surface area contributed by atoms with Crippen LogP contribution in [-0.4, -0.2) is 48.3 Å². The number of ether oxygens (including phenoxy) is 1. The summed E-state index contributed by atoms with van der Waals surface area (Å²) < 4.78 is 5.10. The van der Waals surface area contributed by atoms with E-state index in [1.165, 1.54) is 31.2 Å². The Morgan fingerprint density at radius 3 is 2.69 bits per heavy atom. The number of hydrazone groups is 1. The number of tetrazole rings is 1. The molecule has 26 heavy (non-hydrogen) atoms. The lowest BCUT2D eigenvalue weighted by molar-refractivity contribution is -0.394. The molecule has 0 spiro atoms. The first kappa shape index (κ1) is 18.4. The number of nitrogens with one attached hydrogen (secondary N) is 1. The molecule has 0 atom stereocenters. The van der Waals surface area contributed by atoms with E-state index in [2.05, 4.69) is 25.9 Å². The molecule has 1 N–H and O–H groups in total. The number of hydrogen-bond donors (Lipinski definition) is 1. The molecule has 0 saturated heterocycles. The standard InChI is InChI=1S/C12H12N8O6/c1-8(6-18-16-12(15-17-18)20(24)25)13-14-11(21)7-26-10-5-3-2-4-9(10)19(22)23/h2-5H,6-7H2,1H3,(H,14,21)/b13-8-. The molecule has 0 aliphatic carbocycles. The summed E-state index contributed by atoms with van der Waals surface area (Å²) in [7, 11) is 0. The quantitative estimate of drug-likeness (QED) is 0.384. The summed E-state index contributed by atoms with van der Waals surface area (Å²) in [5, 5.41) is 35.2. The largest absolute Gasteiger partial charge is 0.514 e. The fourth-order valence-corrected chi connectivity index (χ4v) is 1.68. The smallest absolute Gasteiger partial charge is 0.477 e. The number of amides is 1. The summed E-state index contributed by atoms with van der Waals surface area (Å²) in [5.41, 5.74) is 2.25. The van der Waals surface area contributed by atoms with Crippen LogP contribution in [0.1, 0.15) is 6.92 Å². The molecule has 0 bridgehead atoms. The van der Waals surface area contributed by atoms with Crippen molar-refractivity contribution in [2.75, 3.05) is 6.61 Å². The first-order chi connectivity index (χ1) is 12.4. The Morgan fingerprint density at radius 1 is 1.31 bits per heavy atom. The number of carbonyl (C=O) groups is 1. The molecule has 0 saturated carbocycles. The van der Waals surface area contributed by atoms with Crippen molar-refractivity contribution in [1.82, 2.24) is 25.6 Å². The van der Waals surface area contributed by atoms with Gasteiger partial charge in [-0.05, 0) is 17.9 Å². The number of nitro benzene ring substituents is 1. The van der Waals surface area contributed by atoms with Crippen molar-refractivity contribution < 1.29 is 19.4 Å². The number of benzene rings is 1. The molecule has 1 aromatic carbocycles. The zero-order valence-corrected chi connectivity index (χ0v) is 13.3. The Hall–Kier alpha value is -3.97. The Labute approximate surface area is 144 Å². The van der Waals surface area contributed by atoms with Crippen LogP contribution in [0.3, 0.4) is 0 Å². The third-order valence-electron chi connectivity index (χ3n) is 2.77. The second kappa shape index (κ2) is 8.22. The summed E-state index contributed by atoms with van der Waals surface area (Å²) in [5.74, 6) is -1.35. The van der Waals surface area contributed by atoms with Crippen LogP contribution in [0.2, 0.25) is 0 Å². The van der Waals surface area contributed by atoms with Gasteiger partial charge >= 0.3 is 11.6 Å². The maximum atomic E-state index is 11.7. The summed E-state index contributed by atoms with van der Waals surface area (Å²) >= 11 is 0. The molecule has 1 heterocycles. The van der Waals surface area contributed by atoms with E-state index in [0.29, 0.717) is 5.71 Å². The molecule has 1 aromatic heterocycles. The molecule has 0 aliphatic heterocycles. The summed E-state index contributed by atoms with van der Waals surface area (Å²) in [6, 6.07) is 5.62. The highest BCUT2D eigenvalue weighted by Gasteiger charge is 2.16. The van der Waals surface area contributed by atoms with Crippen LogP contribution in [0.4, 0.5) is 11.6 Å². The fourth-order valence-electron chi connectivity index (χ4n) is 1.68. The van der Waals surface area contributed by atoms with Crippen LogP contribution in [0.25, 0.3) is 0 Å². The number of carbonyl (C=O) groups excluding carboxylic acids is 1. The lowest BCUT2D eigenvalue weighted by Crippen LogP contribution is -2.26. The highest BCUT2D eigenvalue weighted by Crippen LogP contribution is 2.25. The van der Waals surface area contributed by atoms with E-state index in [-0.39, 0.29) is 18.0 Å². The molecular weight excluding hydrogens is 352 g/mol. The normalized spacial score (nSPS) is 11.0. The van der Waals surface area contributed by atoms with Gasteiger partial charge in [0.2, 0.25) is 0 Å². The van der Waals surface area contributed by atoms with E-state index in [9.17, 15) is 25.0 Å². The van der Waals surface area contributed by atoms with Gasteiger partial charge in [0, 0.05) is 11.3 Å². The highest BCUT2D eigenvalue weighted by atomic mass is 16.6. The van der Waals surface area contributed by atoms with Gasteiger partial charge in [-0.3, -0.25) is 14.9 Å². The molecule has 2 rings (SSSR count). The van der Waals surface area contributed by atoms with Gasteiger partial charge in [-0.25, -0.2) is 5.43 Å². The third kappa shape index (κ3) is 5.02. The summed E-state index contributed by atoms with van der Waals surface area (Å²) in [6.45, 7) is 0.999. The average Bonchev–Trinajstić information content (AvgIpc) is 3.07. The van der Waals surface area contributed by atoms with E-state index in [0.717, 1.165) is 4.80 Å². The van der Waals surface area contributed by atoms with E-state index < -0.39 is 28.3 Å². The minimum Gasteiger partial charge on any atom is -0.477 e. The second-order valence-corrected chi connectivity index (χ2v) is 4.77. The van der Waals surface area contributed by atoms with Crippen LogP contribution < -0.4 is 10.2 Å². The molecule has 1 amide bonds. The Morgan fingerprint density at radius 2 is 2.04 bits per heavy atom. The lowest BCUT2D eigenvalue weighted by atomic mass is 10.3. The second-order valence-electron chi connectivity index (χ2n) is 4.77. The molecule has 0 fully saturated rings. The number of para-hydroxylation sites is 2. The molecule has 0 aliphatic rings. The minimum atomic E-state index is -0.794. The monoisotopic (exact) mass is 364 g/mol. The number of aromatic nitrogens is 4. The van der Waals surface area contributed by atoms with Gasteiger partial charge in [0.25, 0.3) is 5.91 Å². The SMILES string of the molecule is C/C(Cn1nnc([N+](=O)[O-])n1)=N/NC(=O)COc1ccccc1[N+](=O)[O-]. The number of rotatable bonds is 8. The van der Waals surface area contributed by atoms with Crippen LogP contribution in [0.15, 0.2) is 29.4 Å². The van der Waals surface area contributed by atoms with Crippen molar-refractivity contribution >= 4 is 23.3 Å². The third-order valence-corrected chi connectivity index (χ3v) is 2.77. The van der Waals surface area contributed by atoms with Crippen LogP contribution >= 0.6 is 0 Å². The molecule has 0 unspecified atom stereocenters. The van der Waals surface area contributed by atoms with E-state index >= 15 is 0 Å². The van der Waals surface area contributed by atoms with Crippen molar-refractivity contribution in [1.29, 1.82) is 0 Å². The van der Waals surface area contributed by atoms with Gasteiger partial charge in [-0.2, -0.15) is 5.10 Å². The number of nitro groups is 2. The van der Waals surface area contributed by atoms with Gasteiger partial charge in [-0.1, -0.05) is 16.9 Å². The molecule has 136 valence electrons. The predicted molar refractivity (Wildman–Crippen MR) is 84.3 cm³/mol. The zero-order valence-electron chi connectivity index (χ0n) is 13.3. The van der Waals surface area contributed by atoms with Gasteiger partial charge < -0.3 is 14.9 Å². The minimum absolute atomic E-state index is 0.0356. The van der Waals surface area contributed by atoms with Crippen molar-refractivity contribution in [3.8, 4) is 5.75 Å². The molecular formula is C12H12N8O6. The van der Waals surface area contributed by atoms with Crippen molar-refractivity contribution in [2.24, 2.45) is 5.10 Å². The lowest BCUT2D eigenvalue weighted by Gasteiger charge is -2.05. The highest BCUT2D eigenvalue weighted by molar-refractivity contribution is 5.84. The molecule has 2 aromatic rings. The topological polar surface area (TPSA) is 181 Å². The van der Waals surface area contributed by atoms with Gasteiger partial charge in [-0.15, -0.1) is 0 Å². The van der Waals surface area contributed by atoms with Crippen LogP contribution in [-0.2, 0) is 11.3 Å². The molecule has 14 heteroatoms. The summed E-state index contributed by atoms with van der Waals surface area (Å²) in [4.78, 5) is 32.5. The predicted octanol–water partition coefficient (Wildman–Crippen LogP) is 0.0606. The Balaban J connectivity index is 1.86. The van der Waals surface area contributed by atoms with Crippen LogP contribution in [0.5, 0.6) is 5.75 Å². The zero-order chi connectivity index (χ0) is 19.1. The fraction of sp³-hybridized carbons (Fsp3) is 0.250. The van der Waals surface area contributed by atoms with Crippen molar-refractivity contribution in [2.45, 2.75) is 13.5 Å². The Bertz CT molecular complexity index is 863. The number of hydrogen-bond acceptors (Lipinski definition) is 10. The first-order valence-corrected chi connectivity index (χ1v) is 6.97. The van der Waals surface area contributed by atoms with Gasteiger partial charge in [0.1, 0.15) is 6.54 Å². The Kier molecular flexibility index (Phi) is 5.81. The van der Waals surface area contributed by atoms with Gasteiger partial charge in [0.15, 0.2) is 12.4 Å². The number of nitrogens with zero attached hydrogens (tertiary/aromatic N) is 7. The maximum Gasteiger partial charge on any atom is 0.514 e. The molecule has 0 radical (unpaired) electrons. The van der Waals surface area contributed by atoms with Crippen LogP contribution in [0, 0.1) is 20.2 Å².